The van der Waals surface area contributed by atoms with E-state index >= 15 is 0 Å². The summed E-state index contributed by atoms with van der Waals surface area (Å²) in [7, 11) is 0. The Balaban J connectivity index is 2.06. The third kappa shape index (κ3) is 4.58. The minimum atomic E-state index is -0.346. The molecule has 0 amide bonds. The maximum atomic E-state index is 9.61. The Kier molecular flexibility index (Phi) is 5.57. The molecule has 0 spiro atoms. The Morgan fingerprint density at radius 2 is 2.21 bits per heavy atom. The van der Waals surface area contributed by atoms with Crippen LogP contribution in [0, 0.1) is 12.3 Å². The number of aliphatic hydroxyl groups excluding tert-OH is 1. The lowest BCUT2D eigenvalue weighted by atomic mass is 10.3. The van der Waals surface area contributed by atoms with E-state index in [-0.39, 0.29) is 6.10 Å². The summed E-state index contributed by atoms with van der Waals surface area (Å²) >= 11 is 0. The molecule has 1 aliphatic heterocycles. The summed E-state index contributed by atoms with van der Waals surface area (Å²) in [6, 6.07) is 0. The first kappa shape index (κ1) is 11.5. The van der Waals surface area contributed by atoms with Crippen LogP contribution >= 0.6 is 0 Å². The SMILES string of the molecule is C#CCNCC(O)CN1CCOCC1. The van der Waals surface area contributed by atoms with Crippen LogP contribution < -0.4 is 5.32 Å². The first-order valence-corrected chi connectivity index (χ1v) is 4.95. The molecule has 0 aromatic heterocycles. The molecule has 14 heavy (non-hydrogen) atoms. The van der Waals surface area contributed by atoms with Crippen molar-refractivity contribution in [3.63, 3.8) is 0 Å². The molecule has 4 heteroatoms. The number of β-amino-alcohol motifs (C(OH)–C–C–N with tert-alkyl or cyclic N) is 1. The zero-order valence-corrected chi connectivity index (χ0v) is 8.41. The molecule has 0 aromatic rings. The van der Waals surface area contributed by atoms with Crippen molar-refractivity contribution in [2.24, 2.45) is 0 Å². The number of rotatable bonds is 5. The normalized spacial score (nSPS) is 20.3. The quantitative estimate of drug-likeness (QED) is 0.435. The summed E-state index contributed by atoms with van der Waals surface area (Å²) in [5.74, 6) is 2.47. The van der Waals surface area contributed by atoms with E-state index in [1.165, 1.54) is 0 Å². The van der Waals surface area contributed by atoms with E-state index in [0.717, 1.165) is 26.3 Å². The van der Waals surface area contributed by atoms with Crippen molar-refractivity contribution in [3.8, 4) is 12.3 Å². The highest BCUT2D eigenvalue weighted by Gasteiger charge is 2.13. The van der Waals surface area contributed by atoms with E-state index in [4.69, 9.17) is 11.2 Å². The van der Waals surface area contributed by atoms with Gasteiger partial charge in [0.25, 0.3) is 0 Å². The van der Waals surface area contributed by atoms with Gasteiger partial charge in [0.2, 0.25) is 0 Å². The highest BCUT2D eigenvalue weighted by Crippen LogP contribution is 1.97. The Labute approximate surface area is 85.2 Å². The van der Waals surface area contributed by atoms with Gasteiger partial charge >= 0.3 is 0 Å². The molecule has 1 saturated heterocycles. The number of hydrogen-bond donors (Lipinski definition) is 2. The number of ether oxygens (including phenoxy) is 1. The Bertz CT molecular complexity index is 185. The summed E-state index contributed by atoms with van der Waals surface area (Å²) < 4.78 is 5.21. The summed E-state index contributed by atoms with van der Waals surface area (Å²) in [5, 5.41) is 12.6. The third-order valence-corrected chi connectivity index (χ3v) is 2.18. The number of terminal acetylenes is 1. The first-order chi connectivity index (χ1) is 6.83. The molecule has 1 aliphatic rings. The molecule has 1 heterocycles. The fraction of sp³-hybridized carbons (Fsp3) is 0.800. The van der Waals surface area contributed by atoms with Crippen molar-refractivity contribution in [2.45, 2.75) is 6.10 Å². The van der Waals surface area contributed by atoms with Crippen LogP contribution in [0.25, 0.3) is 0 Å². The lowest BCUT2D eigenvalue weighted by molar-refractivity contribution is 0.0151. The van der Waals surface area contributed by atoms with Gasteiger partial charge in [-0.15, -0.1) is 6.42 Å². The van der Waals surface area contributed by atoms with Gasteiger partial charge in [-0.2, -0.15) is 0 Å². The summed E-state index contributed by atoms with van der Waals surface area (Å²) in [6.45, 7) is 5.12. The standard InChI is InChI=1S/C10H18N2O2/c1-2-3-11-8-10(13)9-12-4-6-14-7-5-12/h1,10-11,13H,3-9H2. The molecule has 0 radical (unpaired) electrons. The zero-order valence-electron chi connectivity index (χ0n) is 8.41. The van der Waals surface area contributed by atoms with E-state index in [0.29, 0.717) is 19.6 Å². The van der Waals surface area contributed by atoms with Gasteiger partial charge in [0.1, 0.15) is 0 Å². The Morgan fingerprint density at radius 1 is 1.50 bits per heavy atom. The molecule has 0 aromatic carbocycles. The number of morpholine rings is 1. The molecule has 0 bridgehead atoms. The van der Waals surface area contributed by atoms with Gasteiger partial charge < -0.3 is 15.2 Å². The van der Waals surface area contributed by atoms with E-state index in [1.54, 1.807) is 0 Å². The van der Waals surface area contributed by atoms with Crippen LogP contribution in [-0.2, 0) is 4.74 Å². The van der Waals surface area contributed by atoms with Crippen molar-refractivity contribution in [1.82, 2.24) is 10.2 Å². The second-order valence-corrected chi connectivity index (χ2v) is 3.40. The first-order valence-electron chi connectivity index (χ1n) is 4.95. The molecule has 80 valence electrons. The van der Waals surface area contributed by atoms with Crippen LogP contribution in [0.15, 0.2) is 0 Å². The van der Waals surface area contributed by atoms with E-state index in [9.17, 15) is 5.11 Å². The van der Waals surface area contributed by atoms with Gasteiger partial charge in [-0.05, 0) is 0 Å². The Hall–Kier alpha value is -0.600. The topological polar surface area (TPSA) is 44.7 Å². The third-order valence-electron chi connectivity index (χ3n) is 2.18. The smallest absolute Gasteiger partial charge is 0.0791 e. The molecule has 2 N–H and O–H groups in total. The van der Waals surface area contributed by atoms with Crippen molar-refractivity contribution >= 4 is 0 Å². The molecule has 1 fully saturated rings. The fourth-order valence-corrected chi connectivity index (χ4v) is 1.46. The minimum Gasteiger partial charge on any atom is -0.390 e. The summed E-state index contributed by atoms with van der Waals surface area (Å²) in [4.78, 5) is 2.20. The molecule has 0 aliphatic carbocycles. The minimum absolute atomic E-state index is 0.346. The van der Waals surface area contributed by atoms with Crippen molar-refractivity contribution in [2.75, 3.05) is 45.9 Å². The number of nitrogens with zero attached hydrogens (tertiary/aromatic N) is 1. The number of aliphatic hydroxyl groups is 1. The average molecular weight is 198 g/mol. The molecule has 0 saturated carbocycles. The van der Waals surface area contributed by atoms with Crippen LogP contribution in [0.3, 0.4) is 0 Å². The predicted octanol–water partition coefficient (Wildman–Crippen LogP) is -1.10. The predicted molar refractivity (Wildman–Crippen MR) is 55.0 cm³/mol. The van der Waals surface area contributed by atoms with Crippen molar-refractivity contribution in [3.05, 3.63) is 0 Å². The largest absolute Gasteiger partial charge is 0.390 e. The van der Waals surface area contributed by atoms with Crippen LogP contribution in [-0.4, -0.2) is 62.0 Å². The fourth-order valence-electron chi connectivity index (χ4n) is 1.46. The van der Waals surface area contributed by atoms with Gasteiger partial charge in [-0.1, -0.05) is 5.92 Å². The highest BCUT2D eigenvalue weighted by atomic mass is 16.5. The second-order valence-electron chi connectivity index (χ2n) is 3.40. The van der Waals surface area contributed by atoms with Crippen molar-refractivity contribution in [1.29, 1.82) is 0 Å². The number of hydrogen-bond acceptors (Lipinski definition) is 4. The molecule has 4 nitrogen and oxygen atoms in total. The van der Waals surface area contributed by atoms with Crippen LogP contribution in [0.1, 0.15) is 0 Å². The van der Waals surface area contributed by atoms with Crippen LogP contribution in [0.4, 0.5) is 0 Å². The van der Waals surface area contributed by atoms with Gasteiger partial charge in [-0.25, -0.2) is 0 Å². The highest BCUT2D eigenvalue weighted by molar-refractivity contribution is 4.86. The van der Waals surface area contributed by atoms with Gasteiger partial charge in [0.15, 0.2) is 0 Å². The van der Waals surface area contributed by atoms with Gasteiger partial charge in [0.05, 0.1) is 25.9 Å². The second kappa shape index (κ2) is 6.80. The number of nitrogens with one attached hydrogen (secondary N) is 1. The maximum Gasteiger partial charge on any atom is 0.0791 e. The molecule has 1 unspecified atom stereocenters. The van der Waals surface area contributed by atoms with E-state index in [2.05, 4.69) is 16.1 Å². The van der Waals surface area contributed by atoms with Gasteiger partial charge in [0, 0.05) is 26.2 Å². The van der Waals surface area contributed by atoms with E-state index in [1.807, 2.05) is 0 Å². The molecule has 1 atom stereocenters. The van der Waals surface area contributed by atoms with Crippen LogP contribution in [0.5, 0.6) is 0 Å². The molecule has 1 rings (SSSR count). The lowest BCUT2D eigenvalue weighted by Crippen LogP contribution is -2.43. The molecular weight excluding hydrogens is 180 g/mol. The lowest BCUT2D eigenvalue weighted by Gasteiger charge is -2.28. The summed E-state index contributed by atoms with van der Waals surface area (Å²) in [6.07, 6.45) is 4.73. The van der Waals surface area contributed by atoms with Crippen LogP contribution in [0.2, 0.25) is 0 Å². The zero-order chi connectivity index (χ0) is 10.2. The van der Waals surface area contributed by atoms with Gasteiger partial charge in [-0.3, -0.25) is 4.90 Å². The molecular formula is C10H18N2O2. The van der Waals surface area contributed by atoms with E-state index < -0.39 is 0 Å². The average Bonchev–Trinajstić information content (AvgIpc) is 2.20. The Morgan fingerprint density at radius 3 is 2.86 bits per heavy atom. The summed E-state index contributed by atoms with van der Waals surface area (Å²) in [5.41, 5.74) is 0. The monoisotopic (exact) mass is 198 g/mol. The maximum absolute atomic E-state index is 9.61. The van der Waals surface area contributed by atoms with Crippen molar-refractivity contribution < 1.29 is 9.84 Å².